The van der Waals surface area contributed by atoms with Crippen molar-refractivity contribution in [2.45, 2.75) is 13.3 Å². The molecule has 4 nitrogen and oxygen atoms in total. The van der Waals surface area contributed by atoms with Gasteiger partial charge in [-0.05, 0) is 24.6 Å². The van der Waals surface area contributed by atoms with Crippen LogP contribution in [0.3, 0.4) is 0 Å². The average Bonchev–Trinajstić information content (AvgIpc) is 2.17. The fraction of sp³-hybridized carbons (Fsp3) is 0.300. The van der Waals surface area contributed by atoms with E-state index in [1.54, 1.807) is 5.48 Å². The number of amides is 1. The Morgan fingerprint density at radius 2 is 2.36 bits per heavy atom. The molecular weight excluding hydrogens is 182 g/mol. The van der Waals surface area contributed by atoms with E-state index in [1.165, 1.54) is 0 Å². The molecule has 0 aliphatic rings. The summed E-state index contributed by atoms with van der Waals surface area (Å²) in [5, 5.41) is 8.22. The minimum absolute atomic E-state index is 0.143. The van der Waals surface area contributed by atoms with Crippen molar-refractivity contribution in [3.05, 3.63) is 29.8 Å². The summed E-state index contributed by atoms with van der Waals surface area (Å²) in [6.45, 7) is 2.23. The molecule has 1 rings (SSSR count). The van der Waals surface area contributed by atoms with Crippen molar-refractivity contribution in [1.29, 1.82) is 0 Å². The second-order valence-corrected chi connectivity index (χ2v) is 2.95. The maximum absolute atomic E-state index is 10.6. The third-order valence-electron chi connectivity index (χ3n) is 1.71. The Morgan fingerprint density at radius 3 is 3.00 bits per heavy atom. The van der Waals surface area contributed by atoms with Gasteiger partial charge in [-0.3, -0.25) is 10.0 Å². The lowest BCUT2D eigenvalue weighted by Gasteiger charge is -2.05. The van der Waals surface area contributed by atoms with Crippen molar-refractivity contribution >= 4 is 5.91 Å². The number of hydroxylamine groups is 1. The molecule has 0 aromatic heterocycles. The minimum atomic E-state index is -0.447. The number of hydrogen-bond acceptors (Lipinski definition) is 3. The number of aryl methyl sites for hydroxylation is 1. The van der Waals surface area contributed by atoms with Crippen LogP contribution in [0.5, 0.6) is 5.75 Å². The van der Waals surface area contributed by atoms with Crippen molar-refractivity contribution in [3.8, 4) is 5.75 Å². The lowest BCUT2D eigenvalue weighted by Crippen LogP contribution is -2.20. The van der Waals surface area contributed by atoms with Crippen LogP contribution >= 0.6 is 0 Å². The summed E-state index contributed by atoms with van der Waals surface area (Å²) in [6.07, 6.45) is 0.143. The molecule has 0 radical (unpaired) electrons. The Hall–Kier alpha value is -1.55. The van der Waals surface area contributed by atoms with Crippen LogP contribution in [0.1, 0.15) is 12.0 Å². The van der Waals surface area contributed by atoms with Crippen LogP contribution in [-0.2, 0) is 4.79 Å². The maximum atomic E-state index is 10.6. The van der Waals surface area contributed by atoms with Gasteiger partial charge in [-0.25, -0.2) is 5.48 Å². The van der Waals surface area contributed by atoms with Crippen LogP contribution in [0.4, 0.5) is 0 Å². The normalized spacial score (nSPS) is 9.57. The van der Waals surface area contributed by atoms with Crippen molar-refractivity contribution in [3.63, 3.8) is 0 Å². The number of nitrogens with one attached hydrogen (secondary N) is 1. The van der Waals surface area contributed by atoms with E-state index in [0.29, 0.717) is 0 Å². The molecule has 14 heavy (non-hydrogen) atoms. The monoisotopic (exact) mass is 195 g/mol. The lowest BCUT2D eigenvalue weighted by atomic mass is 10.2. The van der Waals surface area contributed by atoms with E-state index in [4.69, 9.17) is 9.94 Å². The second-order valence-electron chi connectivity index (χ2n) is 2.95. The van der Waals surface area contributed by atoms with Crippen LogP contribution in [-0.4, -0.2) is 17.7 Å². The van der Waals surface area contributed by atoms with Crippen molar-refractivity contribution in [2.75, 3.05) is 6.61 Å². The van der Waals surface area contributed by atoms with Gasteiger partial charge in [-0.2, -0.15) is 0 Å². The number of carbonyl (C=O) groups is 1. The summed E-state index contributed by atoms with van der Waals surface area (Å²) >= 11 is 0. The molecule has 0 aliphatic carbocycles. The molecule has 0 saturated carbocycles. The highest BCUT2D eigenvalue weighted by Gasteiger charge is 1.99. The Morgan fingerprint density at radius 1 is 1.57 bits per heavy atom. The first-order valence-electron chi connectivity index (χ1n) is 4.35. The molecule has 2 N–H and O–H groups in total. The summed E-state index contributed by atoms with van der Waals surface area (Å²) in [7, 11) is 0. The fourth-order valence-electron chi connectivity index (χ4n) is 1.02. The van der Waals surface area contributed by atoms with Gasteiger partial charge in [0.25, 0.3) is 0 Å². The van der Waals surface area contributed by atoms with Gasteiger partial charge < -0.3 is 4.74 Å². The largest absolute Gasteiger partial charge is 0.493 e. The second kappa shape index (κ2) is 5.24. The van der Waals surface area contributed by atoms with Crippen LogP contribution in [0.25, 0.3) is 0 Å². The van der Waals surface area contributed by atoms with Crippen molar-refractivity contribution in [2.24, 2.45) is 0 Å². The highest BCUT2D eigenvalue weighted by Crippen LogP contribution is 2.12. The Balaban J connectivity index is 2.35. The van der Waals surface area contributed by atoms with Gasteiger partial charge in [0.1, 0.15) is 5.75 Å². The number of benzene rings is 1. The molecule has 0 atom stereocenters. The molecular formula is C10H13NO3. The average molecular weight is 195 g/mol. The van der Waals surface area contributed by atoms with E-state index in [-0.39, 0.29) is 13.0 Å². The van der Waals surface area contributed by atoms with E-state index in [0.717, 1.165) is 11.3 Å². The molecule has 1 aromatic carbocycles. The topological polar surface area (TPSA) is 58.6 Å². The number of ether oxygens (including phenoxy) is 1. The fourth-order valence-corrected chi connectivity index (χ4v) is 1.02. The van der Waals surface area contributed by atoms with Gasteiger partial charge in [0.05, 0.1) is 13.0 Å². The Kier molecular flexibility index (Phi) is 3.94. The van der Waals surface area contributed by atoms with Crippen molar-refractivity contribution in [1.82, 2.24) is 5.48 Å². The first kappa shape index (κ1) is 10.5. The predicted octanol–water partition coefficient (Wildman–Crippen LogP) is 1.27. The Bertz CT molecular complexity index is 312. The van der Waals surface area contributed by atoms with Crippen LogP contribution < -0.4 is 10.2 Å². The highest BCUT2D eigenvalue weighted by molar-refractivity contribution is 5.74. The zero-order chi connectivity index (χ0) is 10.4. The summed E-state index contributed by atoms with van der Waals surface area (Å²) in [5.74, 6) is 0.286. The molecule has 4 heteroatoms. The first-order chi connectivity index (χ1) is 6.72. The van der Waals surface area contributed by atoms with Gasteiger partial charge in [0.2, 0.25) is 5.91 Å². The predicted molar refractivity (Wildman–Crippen MR) is 51.2 cm³/mol. The maximum Gasteiger partial charge on any atom is 0.246 e. The van der Waals surface area contributed by atoms with E-state index < -0.39 is 5.91 Å². The molecule has 0 unspecified atom stereocenters. The molecule has 0 spiro atoms. The van der Waals surface area contributed by atoms with Gasteiger partial charge >= 0.3 is 0 Å². The van der Waals surface area contributed by atoms with Crippen LogP contribution in [0, 0.1) is 6.92 Å². The van der Waals surface area contributed by atoms with E-state index in [1.807, 2.05) is 31.2 Å². The molecule has 0 aliphatic heterocycles. The minimum Gasteiger partial charge on any atom is -0.493 e. The van der Waals surface area contributed by atoms with E-state index in [2.05, 4.69) is 0 Å². The Labute approximate surface area is 82.5 Å². The zero-order valence-electron chi connectivity index (χ0n) is 7.99. The summed E-state index contributed by atoms with van der Waals surface area (Å²) in [6, 6.07) is 7.56. The molecule has 76 valence electrons. The number of rotatable bonds is 4. The molecule has 1 amide bonds. The highest BCUT2D eigenvalue weighted by atomic mass is 16.5. The number of hydrogen-bond donors (Lipinski definition) is 2. The third-order valence-corrected chi connectivity index (χ3v) is 1.71. The molecule has 0 bridgehead atoms. The summed E-state index contributed by atoms with van der Waals surface area (Å²) in [5.41, 5.74) is 2.65. The molecule has 0 fully saturated rings. The summed E-state index contributed by atoms with van der Waals surface area (Å²) in [4.78, 5) is 10.6. The van der Waals surface area contributed by atoms with Gasteiger partial charge in [0, 0.05) is 0 Å². The first-order valence-corrected chi connectivity index (χ1v) is 4.35. The SMILES string of the molecule is Cc1cccc(OCCC(=O)NO)c1. The van der Waals surface area contributed by atoms with Crippen LogP contribution in [0.2, 0.25) is 0 Å². The van der Waals surface area contributed by atoms with E-state index >= 15 is 0 Å². The zero-order valence-corrected chi connectivity index (χ0v) is 7.99. The van der Waals surface area contributed by atoms with Crippen molar-refractivity contribution < 1.29 is 14.7 Å². The smallest absolute Gasteiger partial charge is 0.246 e. The standard InChI is InChI=1S/C10H13NO3/c1-8-3-2-4-9(7-8)14-6-5-10(12)11-13/h2-4,7,13H,5-6H2,1H3,(H,11,12). The van der Waals surface area contributed by atoms with Gasteiger partial charge in [0.15, 0.2) is 0 Å². The quantitative estimate of drug-likeness (QED) is 0.562. The molecule has 0 heterocycles. The number of carbonyl (C=O) groups excluding carboxylic acids is 1. The molecule has 0 saturated heterocycles. The molecule has 1 aromatic rings. The van der Waals surface area contributed by atoms with Gasteiger partial charge in [-0.1, -0.05) is 12.1 Å². The lowest BCUT2D eigenvalue weighted by molar-refractivity contribution is -0.129. The third kappa shape index (κ3) is 3.45. The van der Waals surface area contributed by atoms with Gasteiger partial charge in [-0.15, -0.1) is 0 Å². The summed E-state index contributed by atoms with van der Waals surface area (Å²) < 4.78 is 5.29. The van der Waals surface area contributed by atoms with Crippen LogP contribution in [0.15, 0.2) is 24.3 Å². The van der Waals surface area contributed by atoms with E-state index in [9.17, 15) is 4.79 Å².